The minimum Gasteiger partial charge on any atom is -0.479 e. The molecule has 0 unspecified atom stereocenters. The average molecular weight is 304 g/mol. The van der Waals surface area contributed by atoms with Crippen LogP contribution in [0.25, 0.3) is 0 Å². The number of nitrogens with two attached hydrogens (primary N) is 1. The van der Waals surface area contributed by atoms with Crippen molar-refractivity contribution in [2.45, 2.75) is 47.8 Å². The lowest BCUT2D eigenvalue weighted by atomic mass is 10.4. The molecular weight excluding hydrogens is 288 g/mol. The summed E-state index contributed by atoms with van der Waals surface area (Å²) >= 11 is 1.44. The first-order valence-corrected chi connectivity index (χ1v) is 7.86. The number of aromatic nitrogens is 5. The quantitative estimate of drug-likeness (QED) is 0.845. The van der Waals surface area contributed by atoms with E-state index in [0.717, 1.165) is 11.0 Å². The summed E-state index contributed by atoms with van der Waals surface area (Å²) in [5.74, 6) is 2.11. The van der Waals surface area contributed by atoms with Crippen LogP contribution in [0.5, 0.6) is 5.88 Å². The molecule has 2 aromatic rings. The van der Waals surface area contributed by atoms with Crippen molar-refractivity contribution in [3.8, 4) is 5.88 Å². The third kappa shape index (κ3) is 2.33. The van der Waals surface area contributed by atoms with Crippen molar-refractivity contribution in [3.63, 3.8) is 0 Å². The zero-order chi connectivity index (χ0) is 14.4. The number of nitrogen functional groups attached to an aromatic ring is 1. The summed E-state index contributed by atoms with van der Waals surface area (Å²) in [6, 6.07) is 0.544. The number of anilines is 1. The fourth-order valence-electron chi connectivity index (χ4n) is 2.35. The Morgan fingerprint density at radius 1 is 1.24 bits per heavy atom. The highest BCUT2D eigenvalue weighted by atomic mass is 32.2. The van der Waals surface area contributed by atoms with Crippen LogP contribution >= 0.6 is 11.8 Å². The molecular formula is C13H16N6OS. The number of rotatable bonds is 5. The lowest BCUT2D eigenvalue weighted by Gasteiger charge is -2.09. The Labute approximate surface area is 126 Å². The molecule has 2 fully saturated rings. The van der Waals surface area contributed by atoms with Gasteiger partial charge in [0.2, 0.25) is 5.88 Å². The number of hydrogen-bond acceptors (Lipinski definition) is 7. The van der Waals surface area contributed by atoms with Crippen molar-refractivity contribution in [1.29, 1.82) is 0 Å². The monoisotopic (exact) mass is 304 g/mol. The Morgan fingerprint density at radius 3 is 2.71 bits per heavy atom. The van der Waals surface area contributed by atoms with Crippen LogP contribution in [0.1, 0.15) is 43.5 Å². The molecule has 0 radical (unpaired) electrons. The van der Waals surface area contributed by atoms with Crippen molar-refractivity contribution in [2.24, 2.45) is 0 Å². The maximum atomic E-state index is 6.03. The predicted octanol–water partition coefficient (Wildman–Crippen LogP) is 2.02. The molecule has 2 N–H and O–H groups in total. The first-order valence-electron chi connectivity index (χ1n) is 7.05. The topological polar surface area (TPSA) is 91.7 Å². The van der Waals surface area contributed by atoms with Gasteiger partial charge < -0.3 is 15.0 Å². The molecule has 8 heteroatoms. The smallest absolute Gasteiger partial charge is 0.241 e. The number of ether oxygens (including phenoxy) is 1. The summed E-state index contributed by atoms with van der Waals surface area (Å²) in [5, 5.41) is 10.3. The first kappa shape index (κ1) is 12.9. The molecule has 21 heavy (non-hydrogen) atoms. The Balaban J connectivity index is 1.68. The van der Waals surface area contributed by atoms with Gasteiger partial charge in [-0.15, -0.1) is 10.2 Å². The van der Waals surface area contributed by atoms with Gasteiger partial charge >= 0.3 is 0 Å². The number of hydrogen-bond donors (Lipinski definition) is 1. The summed E-state index contributed by atoms with van der Waals surface area (Å²) in [5.41, 5.74) is 6.48. The van der Waals surface area contributed by atoms with Crippen LogP contribution in [-0.2, 0) is 0 Å². The zero-order valence-electron chi connectivity index (χ0n) is 11.7. The average Bonchev–Trinajstić information content (AvgIpc) is 3.40. The van der Waals surface area contributed by atoms with Crippen molar-refractivity contribution < 1.29 is 4.74 Å². The van der Waals surface area contributed by atoms with Crippen LogP contribution in [0, 0.1) is 0 Å². The minimum atomic E-state index is 0.396. The molecule has 110 valence electrons. The molecule has 2 saturated carbocycles. The van der Waals surface area contributed by atoms with E-state index in [1.807, 2.05) is 0 Å². The van der Waals surface area contributed by atoms with Gasteiger partial charge in [-0.05, 0) is 37.4 Å². The number of methoxy groups -OCH3 is 1. The lowest BCUT2D eigenvalue weighted by molar-refractivity contribution is 0.397. The molecule has 0 aliphatic heterocycles. The van der Waals surface area contributed by atoms with Crippen molar-refractivity contribution >= 4 is 17.4 Å². The second-order valence-corrected chi connectivity index (χ2v) is 6.38. The van der Waals surface area contributed by atoms with Crippen molar-refractivity contribution in [2.75, 3.05) is 12.8 Å². The Morgan fingerprint density at radius 2 is 2.05 bits per heavy atom. The molecule has 0 bridgehead atoms. The molecule has 4 rings (SSSR count). The van der Waals surface area contributed by atoms with E-state index < -0.39 is 0 Å². The molecule has 0 saturated heterocycles. The van der Waals surface area contributed by atoms with E-state index in [9.17, 15) is 0 Å². The summed E-state index contributed by atoms with van der Waals surface area (Å²) in [6.07, 6.45) is 6.30. The van der Waals surface area contributed by atoms with Gasteiger partial charge in [-0.1, -0.05) is 0 Å². The van der Waals surface area contributed by atoms with E-state index in [4.69, 9.17) is 10.5 Å². The molecule has 0 amide bonds. The summed E-state index contributed by atoms with van der Waals surface area (Å²) in [7, 11) is 1.55. The van der Waals surface area contributed by atoms with Gasteiger partial charge in [0.25, 0.3) is 0 Å². The summed E-state index contributed by atoms with van der Waals surface area (Å²) < 4.78 is 7.41. The second-order valence-electron chi connectivity index (χ2n) is 5.42. The summed E-state index contributed by atoms with van der Waals surface area (Å²) in [4.78, 5) is 8.24. The minimum absolute atomic E-state index is 0.396. The normalized spacial score (nSPS) is 18.0. The molecule has 0 spiro atoms. The van der Waals surface area contributed by atoms with E-state index in [-0.39, 0.29) is 0 Å². The van der Waals surface area contributed by atoms with Crippen LogP contribution in [0.2, 0.25) is 0 Å². The van der Waals surface area contributed by atoms with E-state index in [0.29, 0.717) is 28.6 Å². The molecule has 2 aliphatic rings. The lowest BCUT2D eigenvalue weighted by Crippen LogP contribution is -2.03. The third-order valence-electron chi connectivity index (χ3n) is 3.74. The van der Waals surface area contributed by atoms with Crippen LogP contribution < -0.4 is 10.5 Å². The maximum absolute atomic E-state index is 6.03. The van der Waals surface area contributed by atoms with Gasteiger partial charge in [-0.25, -0.2) is 4.98 Å². The van der Waals surface area contributed by atoms with Gasteiger partial charge in [-0.2, -0.15) is 4.98 Å². The largest absolute Gasteiger partial charge is 0.479 e. The zero-order valence-corrected chi connectivity index (χ0v) is 12.5. The van der Waals surface area contributed by atoms with Crippen LogP contribution in [-0.4, -0.2) is 31.8 Å². The highest BCUT2D eigenvalue weighted by Crippen LogP contribution is 2.47. The Kier molecular flexibility index (Phi) is 2.99. The van der Waals surface area contributed by atoms with Crippen LogP contribution in [0.3, 0.4) is 0 Å². The van der Waals surface area contributed by atoms with Gasteiger partial charge in [-0.3, -0.25) is 0 Å². The third-order valence-corrected chi connectivity index (χ3v) is 4.72. The predicted molar refractivity (Wildman–Crippen MR) is 77.4 cm³/mol. The molecule has 0 atom stereocenters. The van der Waals surface area contributed by atoms with Gasteiger partial charge in [0.15, 0.2) is 5.16 Å². The van der Waals surface area contributed by atoms with Crippen LogP contribution in [0.4, 0.5) is 5.69 Å². The van der Waals surface area contributed by atoms with E-state index in [1.54, 1.807) is 7.11 Å². The highest BCUT2D eigenvalue weighted by molar-refractivity contribution is 7.99. The maximum Gasteiger partial charge on any atom is 0.241 e. The SMILES string of the molecule is COc1ncnc(Sc2nnc(C3CC3)n2C2CC2)c1N. The van der Waals surface area contributed by atoms with Gasteiger partial charge in [0.1, 0.15) is 22.9 Å². The van der Waals surface area contributed by atoms with Gasteiger partial charge in [0, 0.05) is 12.0 Å². The first-order chi connectivity index (χ1) is 10.3. The van der Waals surface area contributed by atoms with Crippen molar-refractivity contribution in [1.82, 2.24) is 24.7 Å². The Bertz CT molecular complexity index is 679. The molecule has 2 aromatic heterocycles. The Hall–Kier alpha value is -1.83. The fourth-order valence-corrected chi connectivity index (χ4v) is 3.24. The number of nitrogens with zero attached hydrogens (tertiary/aromatic N) is 5. The second kappa shape index (κ2) is 4.87. The van der Waals surface area contributed by atoms with Crippen LogP contribution in [0.15, 0.2) is 16.5 Å². The summed E-state index contributed by atoms with van der Waals surface area (Å²) in [6.45, 7) is 0. The molecule has 0 aromatic carbocycles. The fraction of sp³-hybridized carbons (Fsp3) is 0.538. The standard InChI is InChI=1S/C13H16N6OS/c1-20-11-9(14)12(16-6-15-11)21-13-18-17-10(7-2-3-7)19(13)8-4-5-8/h6-8H,2-5,14H2,1H3. The van der Waals surface area contributed by atoms with E-state index >= 15 is 0 Å². The van der Waals surface area contributed by atoms with E-state index in [1.165, 1.54) is 43.8 Å². The van der Waals surface area contributed by atoms with E-state index in [2.05, 4.69) is 24.7 Å². The molecule has 2 heterocycles. The van der Waals surface area contributed by atoms with Gasteiger partial charge in [0.05, 0.1) is 7.11 Å². The molecule has 7 nitrogen and oxygen atoms in total. The molecule has 2 aliphatic carbocycles. The van der Waals surface area contributed by atoms with Crippen molar-refractivity contribution in [3.05, 3.63) is 12.2 Å². The highest BCUT2D eigenvalue weighted by Gasteiger charge is 2.36.